The van der Waals surface area contributed by atoms with E-state index < -0.39 is 36.3 Å². The van der Waals surface area contributed by atoms with Crippen LogP contribution in [0.25, 0.3) is 0 Å². The smallest absolute Gasteiger partial charge is 0.435 e. The van der Waals surface area contributed by atoms with Gasteiger partial charge in [0.2, 0.25) is 6.10 Å². The molecule has 0 saturated carbocycles. The maximum absolute atomic E-state index is 12.4. The summed E-state index contributed by atoms with van der Waals surface area (Å²) >= 11 is 0. The van der Waals surface area contributed by atoms with Crippen LogP contribution in [0.5, 0.6) is 11.5 Å². The van der Waals surface area contributed by atoms with Crippen LogP contribution in [0.4, 0.5) is 13.2 Å². The molecular weight excluding hydrogens is 357 g/mol. The molecule has 2 heterocycles. The van der Waals surface area contributed by atoms with Crippen molar-refractivity contribution in [2.24, 2.45) is 0 Å². The van der Waals surface area contributed by atoms with Crippen LogP contribution in [0.1, 0.15) is 5.69 Å². The molecule has 1 aliphatic heterocycles. The summed E-state index contributed by atoms with van der Waals surface area (Å²) in [5.74, 6) is -0.530. The Morgan fingerprint density at radius 2 is 1.92 bits per heavy atom. The SMILES string of the molecule is O=C(Cn1ccc(C(F)(F)F)n1)NNC(=O)[C@@H]1COc2ccccc2O1. The minimum atomic E-state index is -4.59. The fraction of sp³-hybridized carbons (Fsp3) is 0.267. The quantitative estimate of drug-likeness (QED) is 0.783. The van der Waals surface area contributed by atoms with E-state index in [0.29, 0.717) is 11.5 Å². The van der Waals surface area contributed by atoms with Gasteiger partial charge in [-0.2, -0.15) is 18.3 Å². The lowest BCUT2D eigenvalue weighted by Crippen LogP contribution is -2.51. The molecule has 8 nitrogen and oxygen atoms in total. The Morgan fingerprint density at radius 1 is 1.19 bits per heavy atom. The monoisotopic (exact) mass is 370 g/mol. The summed E-state index contributed by atoms with van der Waals surface area (Å²) in [5.41, 5.74) is 3.11. The topological polar surface area (TPSA) is 94.5 Å². The molecule has 11 heteroatoms. The zero-order valence-corrected chi connectivity index (χ0v) is 13.1. The van der Waals surface area contributed by atoms with Crippen molar-refractivity contribution in [2.45, 2.75) is 18.8 Å². The van der Waals surface area contributed by atoms with Crippen LogP contribution in [0.2, 0.25) is 0 Å². The number of hydrazine groups is 1. The van der Waals surface area contributed by atoms with Crippen LogP contribution >= 0.6 is 0 Å². The number of para-hydroxylation sites is 2. The number of fused-ring (bicyclic) bond motifs is 1. The average molecular weight is 370 g/mol. The van der Waals surface area contributed by atoms with Crippen molar-refractivity contribution in [2.75, 3.05) is 6.61 Å². The summed E-state index contributed by atoms with van der Waals surface area (Å²) in [6, 6.07) is 7.52. The van der Waals surface area contributed by atoms with Gasteiger partial charge in [-0.15, -0.1) is 0 Å². The van der Waals surface area contributed by atoms with E-state index in [0.717, 1.165) is 16.9 Å². The summed E-state index contributed by atoms with van der Waals surface area (Å²) in [4.78, 5) is 23.7. The molecule has 3 rings (SSSR count). The molecule has 0 bridgehead atoms. The van der Waals surface area contributed by atoms with Gasteiger partial charge in [-0.1, -0.05) is 12.1 Å². The highest BCUT2D eigenvalue weighted by Crippen LogP contribution is 2.30. The fourth-order valence-electron chi connectivity index (χ4n) is 2.15. The number of alkyl halides is 3. The normalized spacial score (nSPS) is 16.0. The van der Waals surface area contributed by atoms with E-state index in [4.69, 9.17) is 9.47 Å². The van der Waals surface area contributed by atoms with Crippen molar-refractivity contribution in [1.29, 1.82) is 0 Å². The van der Waals surface area contributed by atoms with Gasteiger partial charge in [0.05, 0.1) is 0 Å². The number of ether oxygens (including phenoxy) is 2. The van der Waals surface area contributed by atoms with Crippen LogP contribution < -0.4 is 20.3 Å². The van der Waals surface area contributed by atoms with Gasteiger partial charge in [-0.25, -0.2) is 0 Å². The number of hydrogen-bond donors (Lipinski definition) is 2. The Labute approximate surface area is 144 Å². The van der Waals surface area contributed by atoms with Crippen LogP contribution in [0, 0.1) is 0 Å². The molecule has 0 unspecified atom stereocenters. The van der Waals surface area contributed by atoms with Gasteiger partial charge in [-0.3, -0.25) is 25.1 Å². The van der Waals surface area contributed by atoms with Crippen molar-refractivity contribution in [1.82, 2.24) is 20.6 Å². The number of carbonyl (C=O) groups excluding carboxylic acids is 2. The van der Waals surface area contributed by atoms with E-state index in [1.807, 2.05) is 0 Å². The van der Waals surface area contributed by atoms with Gasteiger partial charge in [0.1, 0.15) is 13.2 Å². The fourth-order valence-corrected chi connectivity index (χ4v) is 2.15. The van der Waals surface area contributed by atoms with Crippen LogP contribution in [0.15, 0.2) is 36.5 Å². The second kappa shape index (κ2) is 6.94. The molecule has 26 heavy (non-hydrogen) atoms. The zero-order chi connectivity index (χ0) is 18.7. The molecular formula is C15H13F3N4O4. The minimum Gasteiger partial charge on any atom is -0.485 e. The van der Waals surface area contributed by atoms with Gasteiger partial charge in [-0.05, 0) is 18.2 Å². The number of amides is 2. The van der Waals surface area contributed by atoms with Crippen LogP contribution in [-0.2, 0) is 22.3 Å². The van der Waals surface area contributed by atoms with Crippen molar-refractivity contribution in [3.8, 4) is 11.5 Å². The second-order valence-corrected chi connectivity index (χ2v) is 5.30. The molecule has 1 aliphatic rings. The van der Waals surface area contributed by atoms with E-state index in [2.05, 4.69) is 16.0 Å². The third-order valence-corrected chi connectivity index (χ3v) is 3.36. The Morgan fingerprint density at radius 3 is 2.62 bits per heavy atom. The first kappa shape index (κ1) is 17.6. The number of rotatable bonds is 3. The molecule has 0 spiro atoms. The Bertz CT molecular complexity index is 821. The third-order valence-electron chi connectivity index (χ3n) is 3.36. The number of hydrogen-bond acceptors (Lipinski definition) is 5. The predicted molar refractivity (Wildman–Crippen MR) is 79.9 cm³/mol. The first-order chi connectivity index (χ1) is 12.3. The molecule has 0 radical (unpaired) electrons. The summed E-state index contributed by atoms with van der Waals surface area (Å²) < 4.78 is 49.0. The number of nitrogens with zero attached hydrogens (tertiary/aromatic N) is 2. The molecule has 1 aromatic heterocycles. The molecule has 1 atom stereocenters. The highest BCUT2D eigenvalue weighted by Gasteiger charge is 2.33. The molecule has 1 aromatic carbocycles. The van der Waals surface area contributed by atoms with E-state index in [1.54, 1.807) is 24.3 Å². The highest BCUT2D eigenvalue weighted by atomic mass is 19.4. The number of benzene rings is 1. The van der Waals surface area contributed by atoms with E-state index in [9.17, 15) is 22.8 Å². The molecule has 0 saturated heterocycles. The van der Waals surface area contributed by atoms with E-state index >= 15 is 0 Å². The molecule has 138 valence electrons. The minimum absolute atomic E-state index is 0.0488. The molecule has 2 amide bonds. The highest BCUT2D eigenvalue weighted by molar-refractivity contribution is 5.85. The maximum Gasteiger partial charge on any atom is 0.435 e. The lowest BCUT2D eigenvalue weighted by Gasteiger charge is -2.25. The molecule has 2 aromatic rings. The molecule has 0 aliphatic carbocycles. The zero-order valence-electron chi connectivity index (χ0n) is 13.1. The summed E-state index contributed by atoms with van der Waals surface area (Å²) in [6.07, 6.45) is -4.56. The van der Waals surface area contributed by atoms with Crippen LogP contribution in [-0.4, -0.2) is 34.3 Å². The lowest BCUT2D eigenvalue weighted by atomic mass is 10.2. The average Bonchev–Trinajstić information content (AvgIpc) is 3.08. The lowest BCUT2D eigenvalue weighted by molar-refractivity contribution is -0.141. The Kier molecular flexibility index (Phi) is 4.69. The molecule has 2 N–H and O–H groups in total. The largest absolute Gasteiger partial charge is 0.485 e. The maximum atomic E-state index is 12.4. The number of nitrogens with one attached hydrogen (secondary N) is 2. The van der Waals surface area contributed by atoms with Crippen molar-refractivity contribution in [3.05, 3.63) is 42.2 Å². The molecule has 0 fully saturated rings. The first-order valence-electron chi connectivity index (χ1n) is 7.41. The van der Waals surface area contributed by atoms with E-state index in [-0.39, 0.29) is 6.61 Å². The van der Waals surface area contributed by atoms with Gasteiger partial charge >= 0.3 is 6.18 Å². The van der Waals surface area contributed by atoms with Crippen molar-refractivity contribution in [3.63, 3.8) is 0 Å². The van der Waals surface area contributed by atoms with E-state index in [1.165, 1.54) is 0 Å². The predicted octanol–water partition coefficient (Wildman–Crippen LogP) is 0.889. The second-order valence-electron chi connectivity index (χ2n) is 5.30. The van der Waals surface area contributed by atoms with Gasteiger partial charge in [0.25, 0.3) is 11.8 Å². The Hall–Kier alpha value is -3.24. The third kappa shape index (κ3) is 4.05. The van der Waals surface area contributed by atoms with Crippen LogP contribution in [0.3, 0.4) is 0 Å². The number of halogens is 3. The summed E-state index contributed by atoms with van der Waals surface area (Å²) in [5, 5.41) is 3.24. The number of aromatic nitrogens is 2. The summed E-state index contributed by atoms with van der Waals surface area (Å²) in [7, 11) is 0. The number of carbonyl (C=O) groups is 2. The standard InChI is InChI=1S/C15H13F3N4O4/c16-15(17,18)12-5-6-22(21-12)7-13(23)19-20-14(24)11-8-25-9-3-1-2-4-10(9)26-11/h1-6,11H,7-8H2,(H,19,23)(H,20,24)/t11-/m0/s1. The summed E-state index contributed by atoms with van der Waals surface area (Å²) in [6.45, 7) is -0.548. The first-order valence-corrected chi connectivity index (χ1v) is 7.41. The van der Waals surface area contributed by atoms with Crippen molar-refractivity contribution >= 4 is 11.8 Å². The van der Waals surface area contributed by atoms with Gasteiger partial charge in [0.15, 0.2) is 17.2 Å². The Balaban J connectivity index is 1.49. The van der Waals surface area contributed by atoms with Gasteiger partial charge < -0.3 is 9.47 Å². The van der Waals surface area contributed by atoms with Crippen molar-refractivity contribution < 1.29 is 32.2 Å². The van der Waals surface area contributed by atoms with Gasteiger partial charge in [0, 0.05) is 6.20 Å².